The highest BCUT2D eigenvalue weighted by Gasteiger charge is 2.55. The van der Waals surface area contributed by atoms with E-state index in [1.807, 2.05) is 45.0 Å². The second kappa shape index (κ2) is 5.55. The molecular formula is C18H24N2O3. The maximum Gasteiger partial charge on any atom is 0.238 e. The van der Waals surface area contributed by atoms with Crippen molar-refractivity contribution < 1.29 is 14.3 Å². The lowest BCUT2D eigenvalue weighted by molar-refractivity contribution is -0.174. The molecule has 5 heteroatoms. The van der Waals surface area contributed by atoms with E-state index in [4.69, 9.17) is 4.74 Å². The first-order chi connectivity index (χ1) is 10.9. The molecule has 124 valence electrons. The number of hydrogen-bond acceptors (Lipinski definition) is 3. The van der Waals surface area contributed by atoms with Gasteiger partial charge in [0.2, 0.25) is 11.8 Å². The highest BCUT2D eigenvalue weighted by Crippen LogP contribution is 2.49. The lowest BCUT2D eigenvalue weighted by Gasteiger charge is -2.52. The number of carbonyl (C=O) groups excluding carboxylic acids is 2. The standard InChI is InChI=1S/C18H24N2O3/c1-5-20(6-2)17(22)15-13-11-18(3,19(4)16(15)21)23-14-10-8-7-9-12(13)14/h7-10,13,15H,5-6,11H2,1-4H3/t13?,15?,18-/m1/s1. The zero-order valence-corrected chi connectivity index (χ0v) is 14.2. The van der Waals surface area contributed by atoms with Gasteiger partial charge in [0.25, 0.3) is 0 Å². The minimum absolute atomic E-state index is 0.0735. The predicted octanol–water partition coefficient (Wildman–Crippen LogP) is 2.23. The van der Waals surface area contributed by atoms with Crippen LogP contribution in [0.5, 0.6) is 5.75 Å². The van der Waals surface area contributed by atoms with E-state index in [0.717, 1.165) is 11.3 Å². The molecule has 0 N–H and O–H groups in total. The van der Waals surface area contributed by atoms with Crippen molar-refractivity contribution >= 4 is 11.8 Å². The number of carbonyl (C=O) groups is 2. The van der Waals surface area contributed by atoms with Crippen molar-refractivity contribution in [2.75, 3.05) is 20.1 Å². The quantitative estimate of drug-likeness (QED) is 0.804. The molecule has 5 nitrogen and oxygen atoms in total. The Balaban J connectivity index is 2.08. The van der Waals surface area contributed by atoms with E-state index in [0.29, 0.717) is 19.5 Å². The SMILES string of the molecule is CCN(CC)C(=O)C1C(=O)N(C)[C@@]2(C)CC1c1ccccc1O2. The van der Waals surface area contributed by atoms with Crippen molar-refractivity contribution in [1.29, 1.82) is 0 Å². The van der Waals surface area contributed by atoms with Crippen LogP contribution in [0.1, 0.15) is 38.7 Å². The van der Waals surface area contributed by atoms with Crippen LogP contribution >= 0.6 is 0 Å². The molecule has 0 aromatic heterocycles. The van der Waals surface area contributed by atoms with Gasteiger partial charge < -0.3 is 14.5 Å². The zero-order chi connectivity index (χ0) is 16.8. The topological polar surface area (TPSA) is 49.9 Å². The zero-order valence-electron chi connectivity index (χ0n) is 14.2. The van der Waals surface area contributed by atoms with Crippen LogP contribution in [0.3, 0.4) is 0 Å². The van der Waals surface area contributed by atoms with Crippen LogP contribution in [-0.4, -0.2) is 47.5 Å². The molecule has 1 saturated heterocycles. The van der Waals surface area contributed by atoms with E-state index in [2.05, 4.69) is 0 Å². The molecule has 1 aromatic rings. The van der Waals surface area contributed by atoms with E-state index in [9.17, 15) is 9.59 Å². The number of fused-ring (bicyclic) bond motifs is 4. The summed E-state index contributed by atoms with van der Waals surface area (Å²) in [6.07, 6.45) is 0.643. The maximum absolute atomic E-state index is 13.0. The fourth-order valence-corrected chi connectivity index (χ4v) is 3.80. The van der Waals surface area contributed by atoms with Crippen molar-refractivity contribution in [3.05, 3.63) is 29.8 Å². The number of ether oxygens (including phenoxy) is 1. The molecule has 2 bridgehead atoms. The van der Waals surface area contributed by atoms with Gasteiger partial charge in [0.05, 0.1) is 0 Å². The number of para-hydroxylation sites is 1. The maximum atomic E-state index is 13.0. The third kappa shape index (κ3) is 2.30. The van der Waals surface area contributed by atoms with Gasteiger partial charge in [-0.1, -0.05) is 18.2 Å². The fourth-order valence-electron chi connectivity index (χ4n) is 3.80. The number of likely N-dealkylation sites (tertiary alicyclic amines) is 1. The van der Waals surface area contributed by atoms with Gasteiger partial charge in [0.15, 0.2) is 5.72 Å². The van der Waals surface area contributed by atoms with E-state index in [1.54, 1.807) is 16.8 Å². The number of rotatable bonds is 3. The van der Waals surface area contributed by atoms with Crippen LogP contribution in [0, 0.1) is 5.92 Å². The van der Waals surface area contributed by atoms with Gasteiger partial charge in [0.1, 0.15) is 11.7 Å². The number of hydrogen-bond donors (Lipinski definition) is 0. The largest absolute Gasteiger partial charge is 0.468 e. The third-order valence-electron chi connectivity index (χ3n) is 5.30. The Morgan fingerprint density at radius 2 is 2.00 bits per heavy atom. The Bertz CT molecular complexity index is 641. The highest BCUT2D eigenvalue weighted by atomic mass is 16.5. The summed E-state index contributed by atoms with van der Waals surface area (Å²) in [6.45, 7) is 7.04. The summed E-state index contributed by atoms with van der Waals surface area (Å²) in [4.78, 5) is 29.2. The summed E-state index contributed by atoms with van der Waals surface area (Å²) in [7, 11) is 1.73. The van der Waals surface area contributed by atoms with Gasteiger partial charge in [-0.05, 0) is 32.4 Å². The van der Waals surface area contributed by atoms with Gasteiger partial charge >= 0.3 is 0 Å². The molecule has 2 heterocycles. The van der Waals surface area contributed by atoms with Crippen LogP contribution in [0.15, 0.2) is 24.3 Å². The number of piperidine rings is 1. The lowest BCUT2D eigenvalue weighted by Crippen LogP contribution is -2.63. The molecule has 0 aliphatic carbocycles. The van der Waals surface area contributed by atoms with Crippen LogP contribution in [-0.2, 0) is 9.59 Å². The van der Waals surface area contributed by atoms with Gasteiger partial charge in [0, 0.05) is 32.5 Å². The molecule has 1 aromatic carbocycles. The van der Waals surface area contributed by atoms with Crippen molar-refractivity contribution in [2.45, 2.75) is 38.8 Å². The van der Waals surface area contributed by atoms with Gasteiger partial charge in [-0.25, -0.2) is 0 Å². The van der Waals surface area contributed by atoms with E-state index >= 15 is 0 Å². The molecule has 3 rings (SSSR count). The average molecular weight is 316 g/mol. The van der Waals surface area contributed by atoms with Gasteiger partial charge in [-0.3, -0.25) is 9.59 Å². The molecule has 2 aliphatic heterocycles. The molecule has 2 aliphatic rings. The molecule has 0 spiro atoms. The Morgan fingerprint density at radius 3 is 2.65 bits per heavy atom. The molecule has 1 fully saturated rings. The van der Waals surface area contributed by atoms with E-state index in [1.165, 1.54) is 0 Å². The van der Waals surface area contributed by atoms with E-state index < -0.39 is 11.6 Å². The summed E-state index contributed by atoms with van der Waals surface area (Å²) in [5.74, 6) is -0.214. The molecule has 0 radical (unpaired) electrons. The van der Waals surface area contributed by atoms with Crippen LogP contribution < -0.4 is 4.74 Å². The second-order valence-corrected chi connectivity index (χ2v) is 6.51. The van der Waals surface area contributed by atoms with Gasteiger partial charge in [-0.15, -0.1) is 0 Å². The summed E-state index contributed by atoms with van der Waals surface area (Å²) < 4.78 is 6.09. The monoisotopic (exact) mass is 316 g/mol. The van der Waals surface area contributed by atoms with Gasteiger partial charge in [-0.2, -0.15) is 0 Å². The van der Waals surface area contributed by atoms with Crippen LogP contribution in [0.4, 0.5) is 0 Å². The molecule has 3 atom stereocenters. The Morgan fingerprint density at radius 1 is 1.35 bits per heavy atom. The van der Waals surface area contributed by atoms with Crippen molar-refractivity contribution in [3.8, 4) is 5.75 Å². The number of benzene rings is 1. The number of nitrogens with zero attached hydrogens (tertiary/aromatic N) is 2. The Kier molecular flexibility index (Phi) is 3.82. The minimum Gasteiger partial charge on any atom is -0.468 e. The average Bonchev–Trinajstić information content (AvgIpc) is 2.54. The third-order valence-corrected chi connectivity index (χ3v) is 5.30. The molecule has 0 saturated carbocycles. The summed E-state index contributed by atoms with van der Waals surface area (Å²) >= 11 is 0. The van der Waals surface area contributed by atoms with Crippen LogP contribution in [0.25, 0.3) is 0 Å². The first kappa shape index (κ1) is 15.8. The summed E-state index contributed by atoms with van der Waals surface area (Å²) in [5.41, 5.74) is 0.285. The highest BCUT2D eigenvalue weighted by molar-refractivity contribution is 6.02. The Hall–Kier alpha value is -2.04. The van der Waals surface area contributed by atoms with Crippen LogP contribution in [0.2, 0.25) is 0 Å². The summed E-state index contributed by atoms with van der Waals surface area (Å²) in [6, 6.07) is 7.75. The van der Waals surface area contributed by atoms with E-state index in [-0.39, 0.29) is 17.7 Å². The minimum atomic E-state index is -0.684. The first-order valence-corrected chi connectivity index (χ1v) is 8.27. The predicted molar refractivity (Wildman–Crippen MR) is 87.0 cm³/mol. The first-order valence-electron chi connectivity index (χ1n) is 8.27. The second-order valence-electron chi connectivity index (χ2n) is 6.51. The fraction of sp³-hybridized carbons (Fsp3) is 0.556. The summed E-state index contributed by atoms with van der Waals surface area (Å²) in [5, 5.41) is 0. The Labute approximate surface area is 137 Å². The van der Waals surface area contributed by atoms with Crippen molar-refractivity contribution in [3.63, 3.8) is 0 Å². The molecule has 23 heavy (non-hydrogen) atoms. The normalized spacial score (nSPS) is 28.9. The molecule has 2 amide bonds. The molecular weight excluding hydrogens is 292 g/mol. The smallest absolute Gasteiger partial charge is 0.238 e. The lowest BCUT2D eigenvalue weighted by atomic mass is 9.73. The number of amides is 2. The molecule has 2 unspecified atom stereocenters. The van der Waals surface area contributed by atoms with Crippen molar-refractivity contribution in [2.24, 2.45) is 5.92 Å². The van der Waals surface area contributed by atoms with Crippen molar-refractivity contribution in [1.82, 2.24) is 9.80 Å².